The van der Waals surface area contributed by atoms with E-state index >= 15 is 0 Å². The van der Waals surface area contributed by atoms with Crippen LogP contribution in [0.1, 0.15) is 19.8 Å². The van der Waals surface area contributed by atoms with Crippen LogP contribution in [0, 0.1) is 0 Å². The van der Waals surface area contributed by atoms with E-state index in [1.165, 1.54) is 6.08 Å². The summed E-state index contributed by atoms with van der Waals surface area (Å²) >= 11 is 0. The number of hydrogen-bond acceptors (Lipinski definition) is 5. The molecule has 1 fully saturated rings. The maximum absolute atomic E-state index is 13.8. The van der Waals surface area contributed by atoms with E-state index in [1.54, 1.807) is 0 Å². The molecule has 124 valence electrons. The third-order valence-electron chi connectivity index (χ3n) is 4.06. The molecule has 0 saturated carbocycles. The number of halogens is 1. The summed E-state index contributed by atoms with van der Waals surface area (Å²) in [7, 11) is 0. The number of amides is 2. The maximum Gasteiger partial charge on any atom is 0.347 e. The highest BCUT2D eigenvalue weighted by Gasteiger charge is 2.53. The highest BCUT2D eigenvalue weighted by molar-refractivity contribution is 6.05. The fourth-order valence-corrected chi connectivity index (χ4v) is 3.02. The molecule has 23 heavy (non-hydrogen) atoms. The van der Waals surface area contributed by atoms with Crippen molar-refractivity contribution in [2.24, 2.45) is 0 Å². The summed E-state index contributed by atoms with van der Waals surface area (Å²) in [4.78, 5) is 35.9. The quantitative estimate of drug-likeness (QED) is 0.738. The monoisotopic (exact) mass is 324 g/mol. The van der Waals surface area contributed by atoms with Gasteiger partial charge in [0.15, 0.2) is 12.3 Å². The Bertz CT molecular complexity index is 629. The van der Waals surface area contributed by atoms with Gasteiger partial charge in [0.05, 0.1) is 17.7 Å². The van der Waals surface area contributed by atoms with Gasteiger partial charge in [-0.1, -0.05) is 6.92 Å². The van der Waals surface area contributed by atoms with Crippen LogP contribution in [-0.2, 0) is 19.1 Å². The van der Waals surface area contributed by atoms with Crippen molar-refractivity contribution in [3.8, 4) is 0 Å². The van der Waals surface area contributed by atoms with E-state index < -0.39 is 35.6 Å². The molecule has 2 amide bonds. The van der Waals surface area contributed by atoms with Crippen molar-refractivity contribution in [3.63, 3.8) is 0 Å². The number of rotatable bonds is 3. The standard InChI is InChI=1S/C15H17FN2O5/c1-2-5-22-13(20)10-6-15(7-17-14(21)18-15)11-9(23-10)4-3-8(16)12(11)19/h3-4,8,10H,2,5-7H2,1H3,(H2,17,18,21)/t8?,10-,15+/m0/s1. The predicted octanol–water partition coefficient (Wildman–Crippen LogP) is 0.511. The summed E-state index contributed by atoms with van der Waals surface area (Å²) < 4.78 is 24.4. The van der Waals surface area contributed by atoms with E-state index in [0.717, 1.165) is 6.08 Å². The molecule has 3 atom stereocenters. The molecule has 2 N–H and O–H groups in total. The van der Waals surface area contributed by atoms with E-state index in [4.69, 9.17) is 9.47 Å². The number of nitrogens with one attached hydrogen (secondary N) is 2. The lowest BCUT2D eigenvalue weighted by molar-refractivity contribution is -0.157. The van der Waals surface area contributed by atoms with E-state index in [2.05, 4.69) is 10.6 Å². The molecule has 1 spiro atoms. The second-order valence-corrected chi connectivity index (χ2v) is 5.73. The Balaban J connectivity index is 1.95. The summed E-state index contributed by atoms with van der Waals surface area (Å²) in [5.74, 6) is -1.22. The molecule has 0 radical (unpaired) electrons. The molecule has 1 aliphatic carbocycles. The van der Waals surface area contributed by atoms with Gasteiger partial charge in [-0.15, -0.1) is 0 Å². The number of alkyl halides is 1. The Hall–Kier alpha value is -2.38. The zero-order chi connectivity index (χ0) is 16.6. The summed E-state index contributed by atoms with van der Waals surface area (Å²) in [6.07, 6.45) is 0.326. The van der Waals surface area contributed by atoms with Gasteiger partial charge in [-0.05, 0) is 18.6 Å². The Labute approximate surface area is 131 Å². The largest absolute Gasteiger partial charge is 0.478 e. The molecule has 0 aromatic carbocycles. The van der Waals surface area contributed by atoms with Crippen LogP contribution >= 0.6 is 0 Å². The molecule has 3 rings (SSSR count). The average molecular weight is 324 g/mol. The summed E-state index contributed by atoms with van der Waals surface area (Å²) in [5, 5.41) is 5.20. The molecular formula is C15H17FN2O5. The van der Waals surface area contributed by atoms with Gasteiger partial charge in [-0.2, -0.15) is 0 Å². The van der Waals surface area contributed by atoms with Gasteiger partial charge in [0.25, 0.3) is 0 Å². The van der Waals surface area contributed by atoms with Gasteiger partial charge in [-0.25, -0.2) is 14.0 Å². The van der Waals surface area contributed by atoms with E-state index in [-0.39, 0.29) is 30.9 Å². The minimum Gasteiger partial charge on any atom is -0.478 e. The second kappa shape index (κ2) is 5.68. The zero-order valence-corrected chi connectivity index (χ0v) is 12.6. The number of allylic oxidation sites excluding steroid dienone is 2. The minimum atomic E-state index is -1.78. The van der Waals surface area contributed by atoms with Gasteiger partial charge in [0.1, 0.15) is 5.76 Å². The van der Waals surface area contributed by atoms with Crippen molar-refractivity contribution in [3.05, 3.63) is 23.5 Å². The van der Waals surface area contributed by atoms with Crippen LogP contribution in [0.15, 0.2) is 23.5 Å². The van der Waals surface area contributed by atoms with Crippen LogP contribution in [0.3, 0.4) is 0 Å². The molecule has 3 aliphatic rings. The lowest BCUT2D eigenvalue weighted by atomic mass is 9.77. The first-order valence-electron chi connectivity index (χ1n) is 7.47. The van der Waals surface area contributed by atoms with E-state index in [0.29, 0.717) is 6.42 Å². The van der Waals surface area contributed by atoms with Crippen LogP contribution in [0.2, 0.25) is 0 Å². The second-order valence-electron chi connectivity index (χ2n) is 5.73. The normalized spacial score (nSPS) is 32.3. The molecule has 7 nitrogen and oxygen atoms in total. The number of carbonyl (C=O) groups is 3. The van der Waals surface area contributed by atoms with Crippen LogP contribution in [0.4, 0.5) is 9.18 Å². The molecule has 8 heteroatoms. The Morgan fingerprint density at radius 3 is 2.96 bits per heavy atom. The van der Waals surface area contributed by atoms with Gasteiger partial charge >= 0.3 is 12.0 Å². The number of ether oxygens (including phenoxy) is 2. The number of esters is 1. The van der Waals surface area contributed by atoms with Crippen molar-refractivity contribution in [2.45, 2.75) is 37.6 Å². The highest BCUT2D eigenvalue weighted by atomic mass is 19.1. The lowest BCUT2D eigenvalue weighted by Crippen LogP contribution is -2.56. The first kappa shape index (κ1) is 15.5. The van der Waals surface area contributed by atoms with E-state index in [1.807, 2.05) is 6.92 Å². The molecule has 0 aromatic heterocycles. The minimum absolute atomic E-state index is 0.0133. The van der Waals surface area contributed by atoms with Crippen LogP contribution in [-0.4, -0.2) is 48.7 Å². The number of ketones is 1. The number of Topliss-reactive ketones (excluding diaryl/α,β-unsaturated/α-hetero) is 1. The maximum atomic E-state index is 13.8. The fourth-order valence-electron chi connectivity index (χ4n) is 3.02. The Morgan fingerprint density at radius 2 is 2.30 bits per heavy atom. The Morgan fingerprint density at radius 1 is 1.52 bits per heavy atom. The average Bonchev–Trinajstić information content (AvgIpc) is 2.89. The summed E-state index contributed by atoms with van der Waals surface area (Å²) in [6, 6.07) is -0.475. The van der Waals surface area contributed by atoms with Crippen molar-refractivity contribution < 1.29 is 28.2 Å². The van der Waals surface area contributed by atoms with Gasteiger partial charge in [-0.3, -0.25) is 4.79 Å². The SMILES string of the molecule is CCCOC(=O)[C@@H]1C[C@@]2(CNC(=O)N2)C2=C(C=CC(F)C2=O)O1. The first-order valence-corrected chi connectivity index (χ1v) is 7.47. The van der Waals surface area contributed by atoms with Gasteiger partial charge < -0.3 is 20.1 Å². The van der Waals surface area contributed by atoms with Crippen molar-refractivity contribution in [1.29, 1.82) is 0 Å². The van der Waals surface area contributed by atoms with Crippen molar-refractivity contribution >= 4 is 17.8 Å². The topological polar surface area (TPSA) is 93.7 Å². The molecule has 0 bridgehead atoms. The number of fused-ring (bicyclic) bond motifs is 1. The number of urea groups is 1. The summed E-state index contributed by atoms with van der Waals surface area (Å²) in [5.41, 5.74) is -1.10. The fraction of sp³-hybridized carbons (Fsp3) is 0.533. The number of carbonyl (C=O) groups excluding carboxylic acids is 3. The molecule has 2 aliphatic heterocycles. The smallest absolute Gasteiger partial charge is 0.347 e. The van der Waals surface area contributed by atoms with Crippen LogP contribution in [0.5, 0.6) is 0 Å². The van der Waals surface area contributed by atoms with Gasteiger partial charge in [0.2, 0.25) is 5.78 Å². The van der Waals surface area contributed by atoms with Crippen LogP contribution in [0.25, 0.3) is 0 Å². The van der Waals surface area contributed by atoms with Gasteiger partial charge in [0, 0.05) is 13.0 Å². The molecule has 0 aromatic rings. The Kier molecular flexibility index (Phi) is 3.83. The number of hydrogen-bond donors (Lipinski definition) is 2. The third-order valence-corrected chi connectivity index (χ3v) is 4.06. The molecule has 1 saturated heterocycles. The summed E-state index contributed by atoms with van der Waals surface area (Å²) in [6.45, 7) is 2.20. The lowest BCUT2D eigenvalue weighted by Gasteiger charge is -2.39. The van der Waals surface area contributed by atoms with E-state index in [9.17, 15) is 18.8 Å². The third kappa shape index (κ3) is 2.58. The van der Waals surface area contributed by atoms with Crippen LogP contribution < -0.4 is 10.6 Å². The van der Waals surface area contributed by atoms with Crippen molar-refractivity contribution in [2.75, 3.05) is 13.2 Å². The van der Waals surface area contributed by atoms with Crippen molar-refractivity contribution in [1.82, 2.24) is 10.6 Å². The first-order chi connectivity index (χ1) is 11.0. The highest BCUT2D eigenvalue weighted by Crippen LogP contribution is 2.39. The molecular weight excluding hydrogens is 307 g/mol. The molecule has 1 unspecified atom stereocenters. The predicted molar refractivity (Wildman–Crippen MR) is 76.1 cm³/mol. The molecule has 2 heterocycles. The zero-order valence-electron chi connectivity index (χ0n) is 12.6.